The Balaban J connectivity index is 0. The van der Waals surface area contributed by atoms with Crippen molar-refractivity contribution < 1.29 is 0 Å². The van der Waals surface area contributed by atoms with Crippen molar-refractivity contribution in [3.05, 3.63) is 0 Å². The van der Waals surface area contributed by atoms with Crippen LogP contribution in [0.5, 0.6) is 0 Å². The summed E-state index contributed by atoms with van der Waals surface area (Å²) >= 11 is 0. The second-order valence-electron chi connectivity index (χ2n) is 0. The molecular weight excluding hydrogens is 348 g/mol. The molecule has 0 unspecified atom stereocenters. The van der Waals surface area contributed by atoms with E-state index >= 15 is 0 Å². The van der Waals surface area contributed by atoms with Gasteiger partial charge < -0.3 is 0 Å². The molecule has 0 saturated carbocycles. The van der Waals surface area contributed by atoms with Crippen LogP contribution in [0, 0.1) is 0 Å². The predicted octanol–water partition coefficient (Wildman–Crippen LogP) is -4.20. The van der Waals surface area contributed by atoms with Crippen molar-refractivity contribution in [3.8, 4) is 0 Å². The third-order valence-corrected chi connectivity index (χ3v) is 0. The first-order valence-electron chi connectivity index (χ1n) is 0. The zero-order valence-corrected chi connectivity index (χ0v) is 5.95. The van der Waals surface area contributed by atoms with Crippen molar-refractivity contribution in [3.63, 3.8) is 0 Å². The molecule has 0 atom stereocenters. The van der Waals surface area contributed by atoms with Crippen LogP contribution in [0.25, 0.3) is 0 Å². The van der Waals surface area contributed by atoms with E-state index in [0.717, 1.165) is 0 Å². The minimum absolute atomic E-state index is 0. The van der Waals surface area contributed by atoms with Crippen LogP contribution < -0.4 is 0 Å². The molecule has 4 heavy (non-hydrogen) atoms. The van der Waals surface area contributed by atoms with Crippen LogP contribution in [0.15, 0.2) is 0 Å². The van der Waals surface area contributed by atoms with Crippen molar-refractivity contribution in [2.45, 2.75) is 0 Å². The molecule has 0 aliphatic carbocycles. The van der Waals surface area contributed by atoms with Gasteiger partial charge in [-0.3, -0.25) is 0 Å². The molecule has 4 heteroatoms. The summed E-state index contributed by atoms with van der Waals surface area (Å²) in [5.74, 6) is 0. The number of rotatable bonds is 0. The third kappa shape index (κ3) is 8.83. The summed E-state index contributed by atoms with van der Waals surface area (Å²) in [4.78, 5) is 0. The Labute approximate surface area is 82.6 Å². The summed E-state index contributed by atoms with van der Waals surface area (Å²) in [6.07, 6.45) is 0. The van der Waals surface area contributed by atoms with E-state index in [0.29, 0.717) is 0 Å². The van der Waals surface area contributed by atoms with Crippen LogP contribution in [-0.4, -0.2) is 83.9 Å². The summed E-state index contributed by atoms with van der Waals surface area (Å²) < 4.78 is 0. The molecular formula is H10AlInSeTe. The van der Waals surface area contributed by atoms with Gasteiger partial charge in [0.1, 0.15) is 0 Å². The van der Waals surface area contributed by atoms with E-state index in [1.165, 1.54) is 0 Å². The van der Waals surface area contributed by atoms with Gasteiger partial charge in [-0.25, -0.2) is 0 Å². The predicted molar refractivity (Wildman–Crippen MR) is 37.0 cm³/mol. The summed E-state index contributed by atoms with van der Waals surface area (Å²) in [5, 5.41) is 0. The fourth-order valence-electron chi connectivity index (χ4n) is 0. The van der Waals surface area contributed by atoms with Crippen LogP contribution in [0.3, 0.4) is 0 Å². The average Bonchev–Trinajstić information content (AvgIpc) is 0. The molecule has 0 aliphatic heterocycles. The van der Waals surface area contributed by atoms with E-state index in [2.05, 4.69) is 0 Å². The Morgan fingerprint density at radius 2 is 1.00 bits per heavy atom. The van der Waals surface area contributed by atoms with Crippen LogP contribution >= 0.6 is 0 Å². The first-order valence-corrected chi connectivity index (χ1v) is 0. The molecule has 0 radical (unpaired) electrons. The van der Waals surface area contributed by atoms with Crippen molar-refractivity contribution in [1.29, 1.82) is 0 Å². The molecule has 0 saturated heterocycles. The zero-order chi connectivity index (χ0) is 0. The quantitative estimate of drug-likeness (QED) is 0.386. The second kappa shape index (κ2) is 17.2. The Morgan fingerprint density at radius 3 is 1.00 bits per heavy atom. The molecule has 0 amide bonds. The Bertz CT molecular complexity index is 8.00. The van der Waals surface area contributed by atoms with Gasteiger partial charge in [0.25, 0.3) is 0 Å². The van der Waals surface area contributed by atoms with Crippen molar-refractivity contribution in [2.24, 2.45) is 0 Å². The molecule has 0 aromatic rings. The van der Waals surface area contributed by atoms with E-state index in [-0.39, 0.29) is 83.9 Å². The van der Waals surface area contributed by atoms with Gasteiger partial charge in [-0.05, 0) is 0 Å². The van der Waals surface area contributed by atoms with E-state index in [4.69, 9.17) is 0 Å². The topological polar surface area (TPSA) is 0 Å². The van der Waals surface area contributed by atoms with Crippen molar-refractivity contribution in [2.75, 3.05) is 0 Å². The van der Waals surface area contributed by atoms with Crippen LogP contribution in [0.2, 0.25) is 0 Å². The molecule has 0 fully saturated rings. The molecule has 0 nitrogen and oxygen atoms in total. The molecule has 0 aromatic heterocycles. The standard InChI is InChI=1S/Al.In.H2Se.H2Te.6H/h;;2*1H2;;;;;;. The molecule has 0 aromatic carbocycles. The first kappa shape index (κ1) is 29.8. The summed E-state index contributed by atoms with van der Waals surface area (Å²) in [6.45, 7) is 0. The maximum atomic E-state index is 0. The van der Waals surface area contributed by atoms with Crippen LogP contribution in [0.1, 0.15) is 0 Å². The summed E-state index contributed by atoms with van der Waals surface area (Å²) in [6, 6.07) is 0. The summed E-state index contributed by atoms with van der Waals surface area (Å²) in [7, 11) is 0. The van der Waals surface area contributed by atoms with E-state index < -0.39 is 0 Å². The minimum atomic E-state index is 0. The Kier molecular flexibility index (Phi) is 128. The fraction of sp³-hybridized carbons (Fsp3) is 0. The SMILES string of the molecule is [AlH3].[InH3].[SeH2].[TeH2]. The first-order chi connectivity index (χ1) is 0. The maximum absolute atomic E-state index is 0. The fourth-order valence-corrected chi connectivity index (χ4v) is 0. The monoisotopic (exact) mass is 362 g/mol. The van der Waals surface area contributed by atoms with E-state index in [1.54, 1.807) is 0 Å². The Hall–Kier alpha value is 2.71. The van der Waals surface area contributed by atoms with Gasteiger partial charge in [0.05, 0.1) is 0 Å². The average molecular weight is 358 g/mol. The summed E-state index contributed by atoms with van der Waals surface area (Å²) in [5.41, 5.74) is 0. The molecule has 0 N–H and O–H groups in total. The molecule has 0 bridgehead atoms. The third-order valence-electron chi connectivity index (χ3n) is 0. The van der Waals surface area contributed by atoms with Crippen molar-refractivity contribution >= 4 is 83.9 Å². The van der Waals surface area contributed by atoms with Crippen molar-refractivity contribution in [1.82, 2.24) is 0 Å². The van der Waals surface area contributed by atoms with Crippen LogP contribution in [-0.2, 0) is 0 Å². The van der Waals surface area contributed by atoms with Gasteiger partial charge in [0.2, 0.25) is 0 Å². The van der Waals surface area contributed by atoms with E-state index in [9.17, 15) is 0 Å². The van der Waals surface area contributed by atoms with Gasteiger partial charge in [-0.2, -0.15) is 0 Å². The van der Waals surface area contributed by atoms with E-state index in [1.807, 2.05) is 0 Å². The van der Waals surface area contributed by atoms with Gasteiger partial charge in [0, 0.05) is 0 Å². The molecule has 28 valence electrons. The number of hydrogen-bond donors (Lipinski definition) is 0. The van der Waals surface area contributed by atoms with Gasteiger partial charge in [0.15, 0.2) is 17.4 Å². The molecule has 0 heterocycles. The molecule has 0 spiro atoms. The van der Waals surface area contributed by atoms with Gasteiger partial charge in [-0.1, -0.05) is 0 Å². The number of hydrogen-bond acceptors (Lipinski definition) is 0. The zero-order valence-electron chi connectivity index (χ0n) is 1.00. The van der Waals surface area contributed by atoms with Gasteiger partial charge >= 0.3 is 66.6 Å². The Morgan fingerprint density at radius 1 is 1.00 bits per heavy atom. The molecule has 0 rings (SSSR count). The van der Waals surface area contributed by atoms with Gasteiger partial charge in [-0.15, -0.1) is 0 Å². The van der Waals surface area contributed by atoms with Crippen LogP contribution in [0.4, 0.5) is 0 Å². The molecule has 0 aliphatic rings. The normalized spacial score (nSPS) is 0. The second-order valence-corrected chi connectivity index (χ2v) is 0.